The van der Waals surface area contributed by atoms with Gasteiger partial charge in [0, 0.05) is 23.4 Å². The van der Waals surface area contributed by atoms with E-state index in [9.17, 15) is 0 Å². The quantitative estimate of drug-likeness (QED) is 0.897. The molecule has 0 amide bonds. The summed E-state index contributed by atoms with van der Waals surface area (Å²) in [5.74, 6) is 0.946. The maximum atomic E-state index is 5.98. The summed E-state index contributed by atoms with van der Waals surface area (Å²) in [6.45, 7) is 2.49. The van der Waals surface area contributed by atoms with Gasteiger partial charge in [0.2, 0.25) is 0 Å². The number of nitrogens with one attached hydrogen (secondary N) is 1. The van der Waals surface area contributed by atoms with Crippen molar-refractivity contribution in [3.63, 3.8) is 0 Å². The van der Waals surface area contributed by atoms with Gasteiger partial charge in [0.25, 0.3) is 0 Å². The number of ether oxygens (including phenoxy) is 1. The molecule has 1 heterocycles. The lowest BCUT2D eigenvalue weighted by Crippen LogP contribution is -2.10. The molecule has 0 saturated heterocycles. The van der Waals surface area contributed by atoms with Crippen LogP contribution in [0.2, 0.25) is 0 Å². The zero-order valence-electron chi connectivity index (χ0n) is 11.9. The molecular weight excluding hydrogens is 250 g/mol. The van der Waals surface area contributed by atoms with Gasteiger partial charge in [-0.05, 0) is 56.9 Å². The monoisotopic (exact) mass is 271 g/mol. The molecule has 0 radical (unpaired) electrons. The largest absolute Gasteiger partial charge is 0.490 e. The maximum Gasteiger partial charge on any atom is 0.119 e. The lowest BCUT2D eigenvalue weighted by Gasteiger charge is -2.13. The molecule has 0 bridgehead atoms. The fraction of sp³-hybridized carbons (Fsp3) is 0.438. The van der Waals surface area contributed by atoms with Crippen LogP contribution in [0.4, 0.5) is 0 Å². The molecule has 3 rings (SSSR count). The van der Waals surface area contributed by atoms with E-state index < -0.39 is 0 Å². The number of hydrogen-bond acceptors (Lipinski definition) is 3. The minimum Gasteiger partial charge on any atom is -0.490 e. The van der Waals surface area contributed by atoms with Gasteiger partial charge in [-0.3, -0.25) is 5.10 Å². The molecule has 0 aliphatic heterocycles. The van der Waals surface area contributed by atoms with Crippen molar-refractivity contribution in [2.75, 3.05) is 0 Å². The van der Waals surface area contributed by atoms with Crippen LogP contribution in [0.1, 0.15) is 36.9 Å². The van der Waals surface area contributed by atoms with Crippen LogP contribution in [0.15, 0.2) is 24.3 Å². The van der Waals surface area contributed by atoms with E-state index in [2.05, 4.69) is 22.3 Å². The number of benzene rings is 1. The Hall–Kier alpha value is -1.81. The van der Waals surface area contributed by atoms with Crippen LogP contribution < -0.4 is 10.5 Å². The molecule has 106 valence electrons. The number of aromatic nitrogens is 2. The fourth-order valence-electron chi connectivity index (χ4n) is 2.83. The Morgan fingerprint density at radius 3 is 2.60 bits per heavy atom. The lowest BCUT2D eigenvalue weighted by atomic mass is 10.1. The Morgan fingerprint density at radius 1 is 1.25 bits per heavy atom. The molecule has 0 unspecified atom stereocenters. The Balaban J connectivity index is 1.78. The Bertz CT molecular complexity index is 568. The van der Waals surface area contributed by atoms with Crippen LogP contribution in [0, 0.1) is 6.92 Å². The van der Waals surface area contributed by atoms with E-state index in [1.54, 1.807) is 0 Å². The number of rotatable bonds is 4. The van der Waals surface area contributed by atoms with Gasteiger partial charge in [-0.2, -0.15) is 5.10 Å². The van der Waals surface area contributed by atoms with Gasteiger partial charge in [-0.15, -0.1) is 0 Å². The number of nitrogens with zero attached hydrogens (tertiary/aromatic N) is 1. The molecule has 1 aliphatic carbocycles. The van der Waals surface area contributed by atoms with Crippen molar-refractivity contribution in [2.24, 2.45) is 5.73 Å². The highest BCUT2D eigenvalue weighted by Crippen LogP contribution is 2.28. The van der Waals surface area contributed by atoms with Gasteiger partial charge in [-0.25, -0.2) is 0 Å². The Morgan fingerprint density at radius 2 is 1.95 bits per heavy atom. The molecule has 1 fully saturated rings. The first-order chi connectivity index (χ1) is 9.78. The summed E-state index contributed by atoms with van der Waals surface area (Å²) in [6.07, 6.45) is 5.33. The predicted octanol–water partition coefficient (Wildman–Crippen LogP) is 3.17. The third kappa shape index (κ3) is 2.56. The first kappa shape index (κ1) is 13.2. The van der Waals surface area contributed by atoms with Gasteiger partial charge in [0.05, 0.1) is 11.8 Å². The first-order valence-electron chi connectivity index (χ1n) is 7.29. The topological polar surface area (TPSA) is 63.9 Å². The standard InChI is InChI=1S/C16H21N3O/c1-11-15(10-17)16(19-18-11)12-6-8-14(9-7-12)20-13-4-2-3-5-13/h6-9,13H,2-5,10,17H2,1H3,(H,18,19). The molecule has 1 aromatic carbocycles. The normalized spacial score (nSPS) is 15.7. The molecular formula is C16H21N3O. The van der Waals surface area contributed by atoms with E-state index in [1.165, 1.54) is 25.7 Å². The van der Waals surface area contributed by atoms with Crippen LogP contribution in [0.3, 0.4) is 0 Å². The average Bonchev–Trinajstić information content (AvgIpc) is 3.09. The van der Waals surface area contributed by atoms with Crippen LogP contribution >= 0.6 is 0 Å². The lowest BCUT2D eigenvalue weighted by molar-refractivity contribution is 0.210. The number of aryl methyl sites for hydroxylation is 1. The Kier molecular flexibility index (Phi) is 3.74. The van der Waals surface area contributed by atoms with Crippen LogP contribution in [0.5, 0.6) is 5.75 Å². The molecule has 1 saturated carbocycles. The van der Waals surface area contributed by atoms with Crippen molar-refractivity contribution >= 4 is 0 Å². The Labute approximate surface area is 119 Å². The second-order valence-corrected chi connectivity index (χ2v) is 5.43. The molecule has 4 heteroatoms. The third-order valence-electron chi connectivity index (χ3n) is 4.01. The van der Waals surface area contributed by atoms with Crippen LogP contribution in [0.25, 0.3) is 11.3 Å². The SMILES string of the molecule is Cc1[nH]nc(-c2ccc(OC3CCCC3)cc2)c1CN. The van der Waals surface area contributed by atoms with E-state index >= 15 is 0 Å². The molecule has 3 N–H and O–H groups in total. The molecule has 20 heavy (non-hydrogen) atoms. The van der Waals surface area contributed by atoms with E-state index in [4.69, 9.17) is 10.5 Å². The summed E-state index contributed by atoms with van der Waals surface area (Å²) >= 11 is 0. The molecule has 1 aromatic heterocycles. The summed E-state index contributed by atoms with van der Waals surface area (Å²) in [4.78, 5) is 0. The van der Waals surface area contributed by atoms with Crippen molar-refractivity contribution < 1.29 is 4.74 Å². The van der Waals surface area contributed by atoms with Crippen LogP contribution in [-0.4, -0.2) is 16.3 Å². The molecule has 1 aliphatic rings. The molecule has 0 spiro atoms. The molecule has 2 aromatic rings. The van der Waals surface area contributed by atoms with Crippen molar-refractivity contribution in [2.45, 2.75) is 45.3 Å². The van der Waals surface area contributed by atoms with Crippen LogP contribution in [-0.2, 0) is 6.54 Å². The van der Waals surface area contributed by atoms with E-state index in [0.717, 1.165) is 28.3 Å². The van der Waals surface area contributed by atoms with Crippen molar-refractivity contribution in [1.82, 2.24) is 10.2 Å². The van der Waals surface area contributed by atoms with Gasteiger partial charge in [-0.1, -0.05) is 0 Å². The van der Waals surface area contributed by atoms with Gasteiger partial charge < -0.3 is 10.5 Å². The maximum absolute atomic E-state index is 5.98. The minimum atomic E-state index is 0.396. The van der Waals surface area contributed by atoms with Gasteiger partial charge >= 0.3 is 0 Å². The zero-order valence-corrected chi connectivity index (χ0v) is 11.9. The predicted molar refractivity (Wildman–Crippen MR) is 79.5 cm³/mol. The number of aromatic amines is 1. The second kappa shape index (κ2) is 5.67. The third-order valence-corrected chi connectivity index (χ3v) is 4.01. The molecule has 4 nitrogen and oxygen atoms in total. The number of H-pyrrole nitrogens is 1. The second-order valence-electron chi connectivity index (χ2n) is 5.43. The number of hydrogen-bond donors (Lipinski definition) is 2. The highest BCUT2D eigenvalue weighted by Gasteiger charge is 2.16. The zero-order chi connectivity index (χ0) is 13.9. The molecule has 0 atom stereocenters. The van der Waals surface area contributed by atoms with E-state index in [-0.39, 0.29) is 0 Å². The van der Waals surface area contributed by atoms with Crippen molar-refractivity contribution in [3.05, 3.63) is 35.5 Å². The van der Waals surface area contributed by atoms with E-state index in [0.29, 0.717) is 12.6 Å². The highest BCUT2D eigenvalue weighted by atomic mass is 16.5. The smallest absolute Gasteiger partial charge is 0.119 e. The summed E-state index contributed by atoms with van der Waals surface area (Å²) in [5, 5.41) is 7.34. The van der Waals surface area contributed by atoms with Gasteiger partial charge in [0.15, 0.2) is 0 Å². The number of nitrogens with two attached hydrogens (primary N) is 1. The van der Waals surface area contributed by atoms with Crippen molar-refractivity contribution in [3.8, 4) is 17.0 Å². The van der Waals surface area contributed by atoms with Crippen molar-refractivity contribution in [1.29, 1.82) is 0 Å². The first-order valence-corrected chi connectivity index (χ1v) is 7.29. The fourth-order valence-corrected chi connectivity index (χ4v) is 2.83. The average molecular weight is 271 g/mol. The summed E-state index contributed by atoms with van der Waals surface area (Å²) < 4.78 is 5.98. The summed E-state index contributed by atoms with van der Waals surface area (Å²) in [6, 6.07) is 8.16. The summed E-state index contributed by atoms with van der Waals surface area (Å²) in [5.41, 5.74) is 9.92. The van der Waals surface area contributed by atoms with E-state index in [1.807, 2.05) is 19.1 Å². The highest BCUT2D eigenvalue weighted by molar-refractivity contribution is 5.64. The minimum absolute atomic E-state index is 0.396. The summed E-state index contributed by atoms with van der Waals surface area (Å²) in [7, 11) is 0. The van der Waals surface area contributed by atoms with Gasteiger partial charge in [0.1, 0.15) is 5.75 Å².